The van der Waals surface area contributed by atoms with Crippen molar-refractivity contribution in [3.05, 3.63) is 12.4 Å². The van der Waals surface area contributed by atoms with E-state index in [4.69, 9.17) is 0 Å². The molecule has 0 unspecified atom stereocenters. The minimum absolute atomic E-state index is 0.380. The van der Waals surface area contributed by atoms with Gasteiger partial charge in [-0.25, -0.2) is 18.4 Å². The van der Waals surface area contributed by atoms with Gasteiger partial charge in [0.2, 0.25) is 0 Å². The van der Waals surface area contributed by atoms with Crippen LogP contribution in [0.2, 0.25) is 0 Å². The first-order chi connectivity index (χ1) is 13.4. The Kier molecular flexibility index (Phi) is 5.78. The number of rotatable bonds is 6. The Bertz CT molecular complexity index is 759. The van der Waals surface area contributed by atoms with Crippen molar-refractivity contribution in [3.63, 3.8) is 0 Å². The van der Waals surface area contributed by atoms with Gasteiger partial charge >= 0.3 is 0 Å². The summed E-state index contributed by atoms with van der Waals surface area (Å²) >= 11 is 0. The molecule has 28 heavy (non-hydrogen) atoms. The van der Waals surface area contributed by atoms with Crippen molar-refractivity contribution in [1.82, 2.24) is 14.9 Å². The summed E-state index contributed by atoms with van der Waals surface area (Å²) in [4.78, 5) is 16.1. The molecule has 0 radical (unpaired) electrons. The van der Waals surface area contributed by atoms with Crippen LogP contribution in [0.5, 0.6) is 0 Å². The zero-order valence-corrected chi connectivity index (χ0v) is 17.9. The second-order valence-corrected chi connectivity index (χ2v) is 11.2. The van der Waals surface area contributed by atoms with Crippen LogP contribution in [0, 0.1) is 5.92 Å². The fraction of sp³-hybridized carbons (Fsp3) is 0.800. The molecule has 2 saturated heterocycles. The molecule has 3 fully saturated rings. The summed E-state index contributed by atoms with van der Waals surface area (Å²) < 4.78 is 23.3. The number of likely N-dealkylation sites (tertiary alicyclic amines) is 1. The number of hydrogen-bond donors (Lipinski definition) is 0. The van der Waals surface area contributed by atoms with Gasteiger partial charge < -0.3 is 14.7 Å². The summed E-state index contributed by atoms with van der Waals surface area (Å²) in [5, 5.41) is 0. The Morgan fingerprint density at radius 2 is 1.57 bits per heavy atom. The zero-order chi connectivity index (χ0) is 19.7. The SMILES string of the molecule is CN(C)c1cc(N(C2CC2)C2CCN(CC3CCS(=O)(=O)CC3)CC2)ncn1. The predicted molar refractivity (Wildman–Crippen MR) is 113 cm³/mol. The highest BCUT2D eigenvalue weighted by Crippen LogP contribution is 2.36. The lowest BCUT2D eigenvalue weighted by molar-refractivity contribution is 0.174. The Labute approximate surface area is 169 Å². The number of piperidine rings is 1. The van der Waals surface area contributed by atoms with E-state index in [0.29, 0.717) is 29.5 Å². The second-order valence-electron chi connectivity index (χ2n) is 8.89. The lowest BCUT2D eigenvalue weighted by atomic mass is 9.98. The third kappa shape index (κ3) is 4.76. The van der Waals surface area contributed by atoms with E-state index < -0.39 is 9.84 Å². The molecule has 0 atom stereocenters. The Balaban J connectivity index is 1.35. The number of anilines is 2. The second kappa shape index (κ2) is 8.14. The Morgan fingerprint density at radius 3 is 2.18 bits per heavy atom. The predicted octanol–water partition coefficient (Wildman–Crippen LogP) is 1.80. The quantitative estimate of drug-likeness (QED) is 0.712. The summed E-state index contributed by atoms with van der Waals surface area (Å²) in [5.41, 5.74) is 0. The Hall–Kier alpha value is -1.41. The minimum atomic E-state index is -2.76. The molecule has 3 aliphatic rings. The summed E-state index contributed by atoms with van der Waals surface area (Å²) in [6.45, 7) is 3.26. The maximum absolute atomic E-state index is 11.6. The molecule has 0 aromatic carbocycles. The first-order valence-corrected chi connectivity index (χ1v) is 12.4. The zero-order valence-electron chi connectivity index (χ0n) is 17.1. The molecule has 0 spiro atoms. The lowest BCUT2D eigenvalue weighted by Gasteiger charge is -2.40. The van der Waals surface area contributed by atoms with E-state index in [1.54, 1.807) is 6.33 Å². The van der Waals surface area contributed by atoms with Gasteiger partial charge in [0.05, 0.1) is 11.5 Å². The van der Waals surface area contributed by atoms with E-state index in [-0.39, 0.29) is 0 Å². The van der Waals surface area contributed by atoms with Crippen molar-refractivity contribution in [2.75, 3.05) is 55.0 Å². The summed E-state index contributed by atoms with van der Waals surface area (Å²) in [6, 6.07) is 3.29. The molecule has 8 heteroatoms. The molecule has 1 aromatic rings. The van der Waals surface area contributed by atoms with Crippen LogP contribution in [0.3, 0.4) is 0 Å². The highest BCUT2D eigenvalue weighted by Gasteiger charge is 2.37. The number of sulfone groups is 1. The van der Waals surface area contributed by atoms with Crippen LogP contribution in [-0.2, 0) is 9.84 Å². The Morgan fingerprint density at radius 1 is 0.964 bits per heavy atom. The molecule has 1 aromatic heterocycles. The van der Waals surface area contributed by atoms with Gasteiger partial charge in [0, 0.05) is 51.9 Å². The number of hydrogen-bond acceptors (Lipinski definition) is 7. The average molecular weight is 408 g/mol. The topological polar surface area (TPSA) is 69.6 Å². The first kappa shape index (κ1) is 19.9. The molecule has 2 aliphatic heterocycles. The molecule has 156 valence electrons. The summed E-state index contributed by atoms with van der Waals surface area (Å²) in [5.74, 6) is 3.33. The van der Waals surface area contributed by atoms with Gasteiger partial charge in [0.1, 0.15) is 27.8 Å². The van der Waals surface area contributed by atoms with Gasteiger partial charge in [0.25, 0.3) is 0 Å². The van der Waals surface area contributed by atoms with E-state index in [1.807, 2.05) is 19.0 Å². The summed E-state index contributed by atoms with van der Waals surface area (Å²) in [6.07, 6.45) is 8.20. The highest BCUT2D eigenvalue weighted by atomic mass is 32.2. The molecule has 0 amide bonds. The maximum atomic E-state index is 11.6. The number of aromatic nitrogens is 2. The molecular weight excluding hydrogens is 374 g/mol. The van der Waals surface area contributed by atoms with E-state index in [9.17, 15) is 8.42 Å². The largest absolute Gasteiger partial charge is 0.363 e. The van der Waals surface area contributed by atoms with Gasteiger partial charge in [-0.2, -0.15) is 0 Å². The lowest BCUT2D eigenvalue weighted by Crippen LogP contribution is -2.47. The molecule has 0 N–H and O–H groups in total. The first-order valence-electron chi connectivity index (χ1n) is 10.6. The van der Waals surface area contributed by atoms with Gasteiger partial charge in [-0.3, -0.25) is 0 Å². The van der Waals surface area contributed by atoms with Crippen molar-refractivity contribution in [3.8, 4) is 0 Å². The van der Waals surface area contributed by atoms with Gasteiger partial charge in [-0.1, -0.05) is 0 Å². The van der Waals surface area contributed by atoms with Crippen molar-refractivity contribution in [1.29, 1.82) is 0 Å². The summed E-state index contributed by atoms with van der Waals surface area (Å²) in [7, 11) is 1.27. The van der Waals surface area contributed by atoms with Crippen LogP contribution in [0.4, 0.5) is 11.6 Å². The molecule has 7 nitrogen and oxygen atoms in total. The van der Waals surface area contributed by atoms with Gasteiger partial charge in [-0.05, 0) is 44.4 Å². The van der Waals surface area contributed by atoms with Crippen molar-refractivity contribution in [2.45, 2.75) is 50.6 Å². The average Bonchev–Trinajstić information content (AvgIpc) is 3.50. The van der Waals surface area contributed by atoms with Crippen LogP contribution < -0.4 is 9.80 Å². The third-order valence-electron chi connectivity index (χ3n) is 6.44. The highest BCUT2D eigenvalue weighted by molar-refractivity contribution is 7.91. The minimum Gasteiger partial charge on any atom is -0.363 e. The van der Waals surface area contributed by atoms with Crippen LogP contribution in [0.15, 0.2) is 12.4 Å². The van der Waals surface area contributed by atoms with E-state index >= 15 is 0 Å². The van der Waals surface area contributed by atoms with Crippen LogP contribution in [0.25, 0.3) is 0 Å². The molecule has 1 saturated carbocycles. The molecular formula is C20H33N5O2S. The van der Waals surface area contributed by atoms with Crippen molar-refractivity contribution in [2.24, 2.45) is 5.92 Å². The standard InChI is InChI=1S/C20H33N5O2S/c1-23(2)19-13-20(22-15-21-19)25(17-3-4-17)18-5-9-24(10-6-18)14-16-7-11-28(26,27)12-8-16/h13,15-18H,3-12,14H2,1-2H3. The third-order valence-corrected chi connectivity index (χ3v) is 8.16. The fourth-order valence-electron chi connectivity index (χ4n) is 4.61. The molecule has 1 aliphatic carbocycles. The van der Waals surface area contributed by atoms with Crippen LogP contribution in [0.1, 0.15) is 38.5 Å². The molecule has 3 heterocycles. The number of nitrogens with zero attached hydrogens (tertiary/aromatic N) is 5. The molecule has 0 bridgehead atoms. The van der Waals surface area contributed by atoms with E-state index in [0.717, 1.165) is 57.0 Å². The smallest absolute Gasteiger partial charge is 0.150 e. The van der Waals surface area contributed by atoms with Crippen LogP contribution in [-0.4, -0.2) is 80.6 Å². The van der Waals surface area contributed by atoms with Gasteiger partial charge in [0.15, 0.2) is 0 Å². The van der Waals surface area contributed by atoms with Gasteiger partial charge in [-0.15, -0.1) is 0 Å². The van der Waals surface area contributed by atoms with Crippen molar-refractivity contribution >= 4 is 21.5 Å². The monoisotopic (exact) mass is 407 g/mol. The van der Waals surface area contributed by atoms with Crippen LogP contribution >= 0.6 is 0 Å². The van der Waals surface area contributed by atoms with E-state index in [1.165, 1.54) is 12.8 Å². The maximum Gasteiger partial charge on any atom is 0.150 e. The normalized spacial score (nSPS) is 24.2. The fourth-order valence-corrected chi connectivity index (χ4v) is 6.20. The van der Waals surface area contributed by atoms with E-state index in [2.05, 4.69) is 25.8 Å². The van der Waals surface area contributed by atoms with Crippen molar-refractivity contribution < 1.29 is 8.42 Å². The molecule has 4 rings (SSSR count).